The molecular formula is C11H17NO2. The molecule has 2 atom stereocenters. The second-order valence-corrected chi connectivity index (χ2v) is 3.49. The molecule has 0 heterocycles. The normalized spacial score (nSPS) is 14.9. The second-order valence-electron chi connectivity index (χ2n) is 3.49. The van der Waals surface area contributed by atoms with Crippen LogP contribution in [0.15, 0.2) is 18.2 Å². The third kappa shape index (κ3) is 2.25. The van der Waals surface area contributed by atoms with Crippen LogP contribution in [0.2, 0.25) is 0 Å². The van der Waals surface area contributed by atoms with Crippen molar-refractivity contribution in [3.63, 3.8) is 0 Å². The number of hydrogen-bond donors (Lipinski definition) is 2. The molecule has 14 heavy (non-hydrogen) atoms. The van der Waals surface area contributed by atoms with E-state index in [1.165, 1.54) is 0 Å². The van der Waals surface area contributed by atoms with Gasteiger partial charge >= 0.3 is 0 Å². The monoisotopic (exact) mass is 195 g/mol. The van der Waals surface area contributed by atoms with E-state index in [1.54, 1.807) is 14.0 Å². The smallest absolute Gasteiger partial charge is 0.119 e. The minimum Gasteiger partial charge on any atom is -0.497 e. The highest BCUT2D eigenvalue weighted by atomic mass is 16.5. The summed E-state index contributed by atoms with van der Waals surface area (Å²) in [6.07, 6.45) is -0.555. The van der Waals surface area contributed by atoms with E-state index in [2.05, 4.69) is 0 Å². The molecule has 0 aliphatic carbocycles. The van der Waals surface area contributed by atoms with E-state index in [0.29, 0.717) is 0 Å². The van der Waals surface area contributed by atoms with Crippen LogP contribution in [0.1, 0.15) is 24.1 Å². The molecule has 0 saturated carbocycles. The fraction of sp³-hybridized carbons (Fsp3) is 0.455. The van der Waals surface area contributed by atoms with Gasteiger partial charge in [-0.15, -0.1) is 0 Å². The van der Waals surface area contributed by atoms with Crippen LogP contribution in [0.5, 0.6) is 5.75 Å². The Morgan fingerprint density at radius 3 is 2.57 bits per heavy atom. The Kier molecular flexibility index (Phi) is 3.49. The zero-order valence-corrected chi connectivity index (χ0v) is 8.82. The molecule has 3 nitrogen and oxygen atoms in total. The lowest BCUT2D eigenvalue weighted by atomic mass is 9.98. The first-order chi connectivity index (χ1) is 6.56. The zero-order chi connectivity index (χ0) is 10.7. The fourth-order valence-corrected chi connectivity index (χ4v) is 1.36. The lowest BCUT2D eigenvalue weighted by Gasteiger charge is -2.18. The first-order valence-corrected chi connectivity index (χ1v) is 4.64. The third-order valence-corrected chi connectivity index (χ3v) is 2.37. The van der Waals surface area contributed by atoms with Crippen molar-refractivity contribution in [3.8, 4) is 5.75 Å². The molecule has 0 bridgehead atoms. The van der Waals surface area contributed by atoms with E-state index >= 15 is 0 Å². The third-order valence-electron chi connectivity index (χ3n) is 2.37. The van der Waals surface area contributed by atoms with Crippen LogP contribution in [0.4, 0.5) is 0 Å². The number of ether oxygens (including phenoxy) is 1. The molecule has 1 aromatic carbocycles. The largest absolute Gasteiger partial charge is 0.497 e. The van der Waals surface area contributed by atoms with Crippen LogP contribution < -0.4 is 10.5 Å². The number of aliphatic hydroxyl groups excluding tert-OH is 1. The zero-order valence-electron chi connectivity index (χ0n) is 8.82. The number of nitrogens with two attached hydrogens (primary N) is 1. The number of hydrogen-bond acceptors (Lipinski definition) is 3. The van der Waals surface area contributed by atoms with E-state index < -0.39 is 6.10 Å². The van der Waals surface area contributed by atoms with Crippen LogP contribution in [0, 0.1) is 6.92 Å². The summed E-state index contributed by atoms with van der Waals surface area (Å²) in [4.78, 5) is 0. The van der Waals surface area contributed by atoms with Crippen molar-refractivity contribution >= 4 is 0 Å². The molecule has 0 radical (unpaired) electrons. The van der Waals surface area contributed by atoms with Crippen molar-refractivity contribution in [3.05, 3.63) is 29.3 Å². The summed E-state index contributed by atoms with van der Waals surface area (Å²) in [6, 6.07) is 5.33. The quantitative estimate of drug-likeness (QED) is 0.766. The molecule has 0 spiro atoms. The maximum Gasteiger partial charge on any atom is 0.119 e. The van der Waals surface area contributed by atoms with E-state index in [0.717, 1.165) is 16.9 Å². The van der Waals surface area contributed by atoms with Crippen LogP contribution >= 0.6 is 0 Å². The maximum atomic E-state index is 9.40. The Hall–Kier alpha value is -1.06. The Morgan fingerprint density at radius 1 is 1.43 bits per heavy atom. The lowest BCUT2D eigenvalue weighted by molar-refractivity contribution is 0.164. The molecule has 0 saturated heterocycles. The average Bonchev–Trinajstić information content (AvgIpc) is 2.17. The van der Waals surface area contributed by atoms with Gasteiger partial charge in [0.15, 0.2) is 0 Å². The van der Waals surface area contributed by atoms with Crippen molar-refractivity contribution in [2.45, 2.75) is 26.0 Å². The van der Waals surface area contributed by atoms with Gasteiger partial charge in [-0.25, -0.2) is 0 Å². The van der Waals surface area contributed by atoms with Crippen LogP contribution in [-0.2, 0) is 0 Å². The molecule has 0 fully saturated rings. The standard InChI is InChI=1S/C11H17NO2/c1-7-4-5-9(14-3)6-10(7)11(12)8(2)13/h4-6,8,11,13H,12H2,1-3H3/t8-,11+/m0/s1. The molecule has 78 valence electrons. The number of rotatable bonds is 3. The molecular weight excluding hydrogens is 178 g/mol. The highest BCUT2D eigenvalue weighted by Gasteiger charge is 2.14. The SMILES string of the molecule is COc1ccc(C)c([C@H](N)[C@H](C)O)c1. The minimum atomic E-state index is -0.555. The van der Waals surface area contributed by atoms with Crippen LogP contribution in [0.3, 0.4) is 0 Å². The van der Waals surface area contributed by atoms with Gasteiger partial charge in [-0.2, -0.15) is 0 Å². The summed E-state index contributed by atoms with van der Waals surface area (Å²) < 4.78 is 5.10. The molecule has 0 unspecified atom stereocenters. The molecule has 1 rings (SSSR count). The predicted molar refractivity (Wildman–Crippen MR) is 56.3 cm³/mol. The van der Waals surface area contributed by atoms with Crippen molar-refractivity contribution in [2.75, 3.05) is 7.11 Å². The highest BCUT2D eigenvalue weighted by molar-refractivity contribution is 5.37. The molecule has 1 aromatic rings. The van der Waals surface area contributed by atoms with Gasteiger partial charge in [0.05, 0.1) is 19.3 Å². The van der Waals surface area contributed by atoms with E-state index in [4.69, 9.17) is 10.5 Å². The highest BCUT2D eigenvalue weighted by Crippen LogP contribution is 2.23. The molecule has 3 N–H and O–H groups in total. The summed E-state index contributed by atoms with van der Waals surface area (Å²) >= 11 is 0. The van der Waals surface area contributed by atoms with Gasteiger partial charge in [0.2, 0.25) is 0 Å². The first-order valence-electron chi connectivity index (χ1n) is 4.64. The van der Waals surface area contributed by atoms with Crippen molar-refractivity contribution in [2.24, 2.45) is 5.73 Å². The summed E-state index contributed by atoms with van der Waals surface area (Å²) in [5.74, 6) is 0.765. The molecule has 0 aromatic heterocycles. The molecule has 0 amide bonds. The summed E-state index contributed by atoms with van der Waals surface area (Å²) in [5.41, 5.74) is 7.86. The lowest BCUT2D eigenvalue weighted by Crippen LogP contribution is -2.24. The molecule has 0 aliphatic heterocycles. The summed E-state index contributed by atoms with van der Waals surface area (Å²) in [6.45, 7) is 3.65. The first kappa shape index (κ1) is 11.0. The van der Waals surface area contributed by atoms with Gasteiger partial charge < -0.3 is 15.6 Å². The molecule has 0 aliphatic rings. The van der Waals surface area contributed by atoms with E-state index in [9.17, 15) is 5.11 Å². The average molecular weight is 195 g/mol. The minimum absolute atomic E-state index is 0.356. The Balaban J connectivity index is 3.05. The van der Waals surface area contributed by atoms with Crippen molar-refractivity contribution in [1.29, 1.82) is 0 Å². The van der Waals surface area contributed by atoms with Gasteiger partial charge in [0.25, 0.3) is 0 Å². The van der Waals surface area contributed by atoms with Crippen LogP contribution in [-0.4, -0.2) is 18.3 Å². The van der Waals surface area contributed by atoms with E-state index in [-0.39, 0.29) is 6.04 Å². The van der Waals surface area contributed by atoms with Crippen molar-refractivity contribution < 1.29 is 9.84 Å². The van der Waals surface area contributed by atoms with E-state index in [1.807, 2.05) is 25.1 Å². The Bertz CT molecular complexity index is 310. The topological polar surface area (TPSA) is 55.5 Å². The molecule has 3 heteroatoms. The van der Waals surface area contributed by atoms with Crippen LogP contribution in [0.25, 0.3) is 0 Å². The number of benzene rings is 1. The van der Waals surface area contributed by atoms with Gasteiger partial charge in [0, 0.05) is 0 Å². The van der Waals surface area contributed by atoms with Gasteiger partial charge in [0.1, 0.15) is 5.75 Å². The maximum absolute atomic E-state index is 9.40. The summed E-state index contributed by atoms with van der Waals surface area (Å²) in [7, 11) is 1.61. The predicted octanol–water partition coefficient (Wildman–Crippen LogP) is 1.38. The van der Waals surface area contributed by atoms with Gasteiger partial charge in [-0.05, 0) is 37.1 Å². The Morgan fingerprint density at radius 2 is 2.07 bits per heavy atom. The van der Waals surface area contributed by atoms with Crippen molar-refractivity contribution in [1.82, 2.24) is 0 Å². The number of aliphatic hydroxyl groups is 1. The van der Waals surface area contributed by atoms with Gasteiger partial charge in [-0.1, -0.05) is 6.07 Å². The summed E-state index contributed by atoms with van der Waals surface area (Å²) in [5, 5.41) is 9.40. The second kappa shape index (κ2) is 4.44. The Labute approximate surface area is 84.5 Å². The number of methoxy groups -OCH3 is 1. The van der Waals surface area contributed by atoms with Gasteiger partial charge in [-0.3, -0.25) is 0 Å². The number of aryl methyl sites for hydroxylation is 1. The fourth-order valence-electron chi connectivity index (χ4n) is 1.36.